The van der Waals surface area contributed by atoms with Crippen LogP contribution in [0, 0.1) is 0 Å². The van der Waals surface area contributed by atoms with E-state index in [9.17, 15) is 18.0 Å². The lowest BCUT2D eigenvalue weighted by Crippen LogP contribution is -2.26. The molecule has 0 atom stereocenters. The fourth-order valence-electron chi connectivity index (χ4n) is 2.35. The highest BCUT2D eigenvalue weighted by Crippen LogP contribution is 2.24. The first kappa shape index (κ1) is 23.2. The number of hydrogen-bond donors (Lipinski definition) is 2. The Morgan fingerprint density at radius 3 is 2.31 bits per heavy atom. The van der Waals surface area contributed by atoms with Gasteiger partial charge in [-0.3, -0.25) is 9.59 Å². The van der Waals surface area contributed by atoms with Gasteiger partial charge in [0, 0.05) is 43.3 Å². The molecule has 0 heterocycles. The van der Waals surface area contributed by atoms with E-state index in [-0.39, 0.29) is 34.4 Å². The predicted octanol–water partition coefficient (Wildman–Crippen LogP) is 3.39. The maximum absolute atomic E-state index is 12.3. The van der Waals surface area contributed by atoms with Crippen LogP contribution in [0.3, 0.4) is 0 Å². The van der Waals surface area contributed by atoms with Crippen molar-refractivity contribution in [3.05, 3.63) is 58.1 Å². The fourth-order valence-corrected chi connectivity index (χ4v) is 3.87. The highest BCUT2D eigenvalue weighted by molar-refractivity contribution is 7.89. The number of benzene rings is 2. The SMILES string of the molecule is CN(C)S(=O)(=O)c1cc(C(=O)NCCCC(=O)Nc2ccc(Cl)cc2)ccc1Cl. The molecule has 0 saturated carbocycles. The van der Waals surface area contributed by atoms with E-state index in [1.54, 1.807) is 24.3 Å². The van der Waals surface area contributed by atoms with Crippen LogP contribution >= 0.6 is 23.2 Å². The van der Waals surface area contributed by atoms with Crippen LogP contribution in [0.15, 0.2) is 47.4 Å². The van der Waals surface area contributed by atoms with E-state index >= 15 is 0 Å². The number of carbonyl (C=O) groups excluding carboxylic acids is 2. The van der Waals surface area contributed by atoms with Gasteiger partial charge in [-0.05, 0) is 48.9 Å². The summed E-state index contributed by atoms with van der Waals surface area (Å²) >= 11 is 11.8. The number of halogens is 2. The van der Waals surface area contributed by atoms with Gasteiger partial charge in [0.1, 0.15) is 4.90 Å². The van der Waals surface area contributed by atoms with Gasteiger partial charge in [-0.25, -0.2) is 12.7 Å². The van der Waals surface area contributed by atoms with Gasteiger partial charge < -0.3 is 10.6 Å². The Bertz CT molecular complexity index is 993. The number of sulfonamides is 1. The first-order chi connectivity index (χ1) is 13.6. The normalized spacial score (nSPS) is 11.3. The summed E-state index contributed by atoms with van der Waals surface area (Å²) in [6.07, 6.45) is 0.630. The minimum absolute atomic E-state index is 0.0362. The molecule has 156 valence electrons. The maximum atomic E-state index is 12.3. The van der Waals surface area contributed by atoms with Crippen LogP contribution in [-0.2, 0) is 14.8 Å². The van der Waals surface area contributed by atoms with Crippen LogP contribution in [0.5, 0.6) is 0 Å². The van der Waals surface area contributed by atoms with E-state index in [1.807, 2.05) is 0 Å². The van der Waals surface area contributed by atoms with Crippen molar-refractivity contribution < 1.29 is 18.0 Å². The second-order valence-electron chi connectivity index (χ2n) is 6.35. The molecule has 7 nitrogen and oxygen atoms in total. The van der Waals surface area contributed by atoms with Crippen LogP contribution in [0.2, 0.25) is 10.0 Å². The Kier molecular flexibility index (Phi) is 8.04. The molecule has 0 unspecified atom stereocenters. The van der Waals surface area contributed by atoms with Gasteiger partial charge in [0.05, 0.1) is 5.02 Å². The van der Waals surface area contributed by atoms with Gasteiger partial charge >= 0.3 is 0 Å². The molecule has 2 rings (SSSR count). The average Bonchev–Trinajstić information content (AvgIpc) is 2.67. The van der Waals surface area contributed by atoms with Crippen molar-refractivity contribution in [1.29, 1.82) is 0 Å². The van der Waals surface area contributed by atoms with Crippen molar-refractivity contribution in [3.8, 4) is 0 Å². The average molecular weight is 458 g/mol. The summed E-state index contributed by atoms with van der Waals surface area (Å²) in [5, 5.41) is 6.01. The number of nitrogens with one attached hydrogen (secondary N) is 2. The van der Waals surface area contributed by atoms with Gasteiger partial charge in [-0.2, -0.15) is 0 Å². The Morgan fingerprint density at radius 2 is 1.69 bits per heavy atom. The van der Waals surface area contributed by atoms with Gasteiger partial charge in [0.15, 0.2) is 0 Å². The molecule has 0 bridgehead atoms. The molecule has 0 saturated heterocycles. The number of anilines is 1. The lowest BCUT2D eigenvalue weighted by Gasteiger charge is -2.14. The third-order valence-corrected chi connectivity index (χ3v) is 6.49. The van der Waals surface area contributed by atoms with Gasteiger partial charge in [0.2, 0.25) is 15.9 Å². The lowest BCUT2D eigenvalue weighted by atomic mass is 10.2. The quantitative estimate of drug-likeness (QED) is 0.593. The molecule has 29 heavy (non-hydrogen) atoms. The predicted molar refractivity (Wildman–Crippen MR) is 114 cm³/mol. The zero-order valence-electron chi connectivity index (χ0n) is 15.9. The van der Waals surface area contributed by atoms with E-state index in [1.165, 1.54) is 32.3 Å². The summed E-state index contributed by atoms with van der Waals surface area (Å²) in [6, 6.07) is 10.8. The summed E-state index contributed by atoms with van der Waals surface area (Å²) in [6.45, 7) is 0.255. The zero-order valence-corrected chi connectivity index (χ0v) is 18.2. The van der Waals surface area contributed by atoms with E-state index in [0.717, 1.165) is 4.31 Å². The molecule has 2 aromatic carbocycles. The highest BCUT2D eigenvalue weighted by Gasteiger charge is 2.22. The Labute approximate surface area is 180 Å². The number of rotatable bonds is 8. The number of amides is 2. The molecule has 0 aliphatic heterocycles. The molecule has 10 heteroatoms. The molecule has 0 aromatic heterocycles. The zero-order chi connectivity index (χ0) is 21.6. The van der Waals surface area contributed by atoms with E-state index in [4.69, 9.17) is 23.2 Å². The fraction of sp³-hybridized carbons (Fsp3) is 0.263. The highest BCUT2D eigenvalue weighted by atomic mass is 35.5. The maximum Gasteiger partial charge on any atom is 0.251 e. The van der Waals surface area contributed by atoms with Gasteiger partial charge in [-0.15, -0.1) is 0 Å². The topological polar surface area (TPSA) is 95.6 Å². The molecule has 0 aliphatic rings. The van der Waals surface area contributed by atoms with E-state index in [0.29, 0.717) is 17.1 Å². The second kappa shape index (κ2) is 10.1. The largest absolute Gasteiger partial charge is 0.352 e. The molecule has 0 radical (unpaired) electrons. The minimum atomic E-state index is -3.77. The standard InChI is InChI=1S/C19H21Cl2N3O4S/c1-24(2)29(27,28)17-12-13(5-10-16(17)21)19(26)22-11-3-4-18(25)23-15-8-6-14(20)7-9-15/h5-10,12H,3-4,11H2,1-2H3,(H,22,26)(H,23,25). The van der Waals surface area contributed by atoms with Crippen LogP contribution < -0.4 is 10.6 Å². The minimum Gasteiger partial charge on any atom is -0.352 e. The van der Waals surface area contributed by atoms with Crippen molar-refractivity contribution in [1.82, 2.24) is 9.62 Å². The van der Waals surface area contributed by atoms with Crippen LogP contribution in [0.1, 0.15) is 23.2 Å². The smallest absolute Gasteiger partial charge is 0.251 e. The van der Waals surface area contributed by atoms with Crippen LogP contribution in [0.25, 0.3) is 0 Å². The van der Waals surface area contributed by atoms with Crippen molar-refractivity contribution in [3.63, 3.8) is 0 Å². The third-order valence-electron chi connectivity index (χ3n) is 3.95. The van der Waals surface area contributed by atoms with Crippen molar-refractivity contribution in [2.75, 3.05) is 26.0 Å². The third kappa shape index (κ3) is 6.43. The molecule has 2 aromatic rings. The number of carbonyl (C=O) groups is 2. The monoisotopic (exact) mass is 457 g/mol. The molecule has 2 amide bonds. The number of hydrogen-bond acceptors (Lipinski definition) is 4. The molecule has 0 spiro atoms. The summed E-state index contributed by atoms with van der Waals surface area (Å²) < 4.78 is 25.6. The van der Waals surface area contributed by atoms with Gasteiger partial charge in [-0.1, -0.05) is 23.2 Å². The Morgan fingerprint density at radius 1 is 1.03 bits per heavy atom. The first-order valence-corrected chi connectivity index (χ1v) is 10.9. The summed E-state index contributed by atoms with van der Waals surface area (Å²) in [5.74, 6) is -0.637. The molecular formula is C19H21Cl2N3O4S. The molecular weight excluding hydrogens is 437 g/mol. The van der Waals surface area contributed by atoms with Crippen molar-refractivity contribution in [2.24, 2.45) is 0 Å². The lowest BCUT2D eigenvalue weighted by molar-refractivity contribution is -0.116. The Balaban J connectivity index is 1.88. The van der Waals surface area contributed by atoms with Crippen molar-refractivity contribution in [2.45, 2.75) is 17.7 Å². The van der Waals surface area contributed by atoms with E-state index < -0.39 is 15.9 Å². The first-order valence-electron chi connectivity index (χ1n) is 8.67. The van der Waals surface area contributed by atoms with Crippen LogP contribution in [-0.4, -0.2) is 45.2 Å². The molecule has 0 aliphatic carbocycles. The number of nitrogens with zero attached hydrogens (tertiary/aromatic N) is 1. The summed E-state index contributed by atoms with van der Waals surface area (Å²) in [7, 11) is -1.01. The Hall–Kier alpha value is -2.13. The summed E-state index contributed by atoms with van der Waals surface area (Å²) in [4.78, 5) is 24.1. The van der Waals surface area contributed by atoms with Crippen LogP contribution in [0.4, 0.5) is 5.69 Å². The summed E-state index contributed by atoms with van der Waals surface area (Å²) in [5.41, 5.74) is 0.805. The van der Waals surface area contributed by atoms with Gasteiger partial charge in [0.25, 0.3) is 5.91 Å². The van der Waals surface area contributed by atoms with Crippen molar-refractivity contribution >= 4 is 50.7 Å². The molecule has 0 fully saturated rings. The van der Waals surface area contributed by atoms with E-state index in [2.05, 4.69) is 10.6 Å². The second-order valence-corrected chi connectivity index (χ2v) is 9.31. The molecule has 2 N–H and O–H groups in total.